The number of fused-ring (bicyclic) bond motifs is 1. The van der Waals surface area contributed by atoms with Crippen molar-refractivity contribution in [2.45, 2.75) is 13.0 Å². The van der Waals surface area contributed by atoms with E-state index >= 15 is 0 Å². The summed E-state index contributed by atoms with van der Waals surface area (Å²) < 4.78 is 1.73. The lowest BCUT2D eigenvalue weighted by Gasteiger charge is -2.29. The highest BCUT2D eigenvalue weighted by Crippen LogP contribution is 2.25. The Labute approximate surface area is 133 Å². The average Bonchev–Trinajstić information content (AvgIpc) is 2.94. The molecular weight excluding hydrogens is 300 g/mol. The van der Waals surface area contributed by atoms with Crippen LogP contribution >= 0.6 is 12.2 Å². The molecule has 2 heterocycles. The first-order valence-electron chi connectivity index (χ1n) is 6.98. The quantitative estimate of drug-likeness (QED) is 0.817. The highest BCUT2D eigenvalue weighted by Gasteiger charge is 2.29. The first kappa shape index (κ1) is 14.5. The fraction of sp³-hybridized carbons (Fsp3) is 0.267. The van der Waals surface area contributed by atoms with Crippen LogP contribution in [-0.4, -0.2) is 44.5 Å². The van der Waals surface area contributed by atoms with E-state index in [1.165, 1.54) is 0 Å². The molecule has 0 amide bonds. The number of nitrogens with one attached hydrogen (secondary N) is 1. The molecular formula is C15H16N4O2S. The van der Waals surface area contributed by atoms with E-state index in [-0.39, 0.29) is 5.69 Å². The summed E-state index contributed by atoms with van der Waals surface area (Å²) in [5.41, 5.74) is 2.65. The number of thiocarbonyl (C=S) groups is 1. The number of carboxylic acids is 1. The fourth-order valence-corrected chi connectivity index (χ4v) is 2.86. The van der Waals surface area contributed by atoms with Crippen molar-refractivity contribution in [3.63, 3.8) is 0 Å². The maximum Gasteiger partial charge on any atom is 0.356 e. The minimum Gasteiger partial charge on any atom is -0.476 e. The predicted molar refractivity (Wildman–Crippen MR) is 86.3 cm³/mol. The summed E-state index contributed by atoms with van der Waals surface area (Å²) >= 11 is 5.25. The van der Waals surface area contributed by atoms with Gasteiger partial charge in [0.1, 0.15) is 0 Å². The van der Waals surface area contributed by atoms with Gasteiger partial charge in [-0.2, -0.15) is 5.10 Å². The van der Waals surface area contributed by atoms with Crippen molar-refractivity contribution in [2.24, 2.45) is 0 Å². The zero-order valence-corrected chi connectivity index (χ0v) is 12.9. The van der Waals surface area contributed by atoms with Crippen molar-refractivity contribution < 1.29 is 9.90 Å². The van der Waals surface area contributed by atoms with E-state index in [0.717, 1.165) is 23.5 Å². The number of rotatable bonds is 2. The molecule has 114 valence electrons. The Kier molecular flexibility index (Phi) is 3.81. The molecule has 22 heavy (non-hydrogen) atoms. The Balaban J connectivity index is 2.07. The number of aromatic nitrogens is 2. The molecule has 1 aromatic carbocycles. The molecule has 0 aliphatic carbocycles. The summed E-state index contributed by atoms with van der Waals surface area (Å²) in [6, 6.07) is 9.59. The van der Waals surface area contributed by atoms with Crippen LogP contribution in [0.5, 0.6) is 0 Å². The molecule has 0 saturated heterocycles. The Bertz CT molecular complexity index is 727. The molecule has 0 fully saturated rings. The minimum atomic E-state index is -1.01. The van der Waals surface area contributed by atoms with Gasteiger partial charge in [-0.05, 0) is 24.4 Å². The minimum absolute atomic E-state index is 0.0995. The molecule has 2 N–H and O–H groups in total. The SMILES string of the molecule is CNC(=S)N1CCc2c(c(C(=O)O)nn2-c2ccccc2)C1. The van der Waals surface area contributed by atoms with Crippen molar-refractivity contribution in [1.82, 2.24) is 20.0 Å². The van der Waals surface area contributed by atoms with Crippen molar-refractivity contribution in [2.75, 3.05) is 13.6 Å². The lowest BCUT2D eigenvalue weighted by atomic mass is 10.1. The second-order valence-corrected chi connectivity index (χ2v) is 5.44. The van der Waals surface area contributed by atoms with Crippen LogP contribution in [0, 0.1) is 0 Å². The Hall–Kier alpha value is -2.41. The summed E-state index contributed by atoms with van der Waals surface area (Å²) in [7, 11) is 1.77. The topological polar surface area (TPSA) is 70.4 Å². The van der Waals surface area contributed by atoms with Gasteiger partial charge in [0, 0.05) is 32.1 Å². The Morgan fingerprint density at radius 3 is 2.73 bits per heavy atom. The first-order chi connectivity index (χ1) is 10.6. The number of para-hydroxylation sites is 1. The van der Waals surface area contributed by atoms with Crippen LogP contribution in [0.2, 0.25) is 0 Å². The summed E-state index contributed by atoms with van der Waals surface area (Å²) in [6.45, 7) is 1.20. The van der Waals surface area contributed by atoms with Gasteiger partial charge in [-0.3, -0.25) is 0 Å². The molecule has 3 rings (SSSR count). The largest absolute Gasteiger partial charge is 0.476 e. The van der Waals surface area contributed by atoms with Gasteiger partial charge in [0.15, 0.2) is 10.8 Å². The number of hydrogen-bond donors (Lipinski definition) is 2. The van der Waals surface area contributed by atoms with E-state index in [4.69, 9.17) is 12.2 Å². The van der Waals surface area contributed by atoms with E-state index in [1.807, 2.05) is 35.2 Å². The number of nitrogens with zero attached hydrogens (tertiary/aromatic N) is 3. The van der Waals surface area contributed by atoms with E-state index in [2.05, 4.69) is 10.4 Å². The molecule has 2 aromatic rings. The third-order valence-corrected chi connectivity index (χ3v) is 4.22. The molecule has 1 aromatic heterocycles. The molecule has 0 spiro atoms. The van der Waals surface area contributed by atoms with Crippen molar-refractivity contribution in [1.29, 1.82) is 0 Å². The fourth-order valence-electron chi connectivity index (χ4n) is 2.71. The second-order valence-electron chi connectivity index (χ2n) is 5.05. The zero-order valence-electron chi connectivity index (χ0n) is 12.1. The van der Waals surface area contributed by atoms with Gasteiger partial charge >= 0.3 is 5.97 Å². The van der Waals surface area contributed by atoms with Crippen molar-refractivity contribution in [3.05, 3.63) is 47.3 Å². The maximum atomic E-state index is 11.5. The number of carboxylic acid groups (broad SMARTS) is 1. The molecule has 1 aliphatic heterocycles. The number of carbonyl (C=O) groups is 1. The Morgan fingerprint density at radius 2 is 2.09 bits per heavy atom. The van der Waals surface area contributed by atoms with E-state index in [1.54, 1.807) is 11.7 Å². The van der Waals surface area contributed by atoms with E-state index in [0.29, 0.717) is 18.1 Å². The monoisotopic (exact) mass is 316 g/mol. The van der Waals surface area contributed by atoms with Gasteiger partial charge in [-0.1, -0.05) is 18.2 Å². The normalized spacial score (nSPS) is 13.6. The number of benzene rings is 1. The summed E-state index contributed by atoms with van der Waals surface area (Å²) in [6.07, 6.45) is 0.701. The molecule has 0 radical (unpaired) electrons. The molecule has 1 aliphatic rings. The summed E-state index contributed by atoms with van der Waals surface area (Å²) in [5, 5.41) is 17.3. The molecule has 0 saturated carbocycles. The maximum absolute atomic E-state index is 11.5. The summed E-state index contributed by atoms with van der Waals surface area (Å²) in [4.78, 5) is 13.5. The summed E-state index contributed by atoms with van der Waals surface area (Å²) in [5.74, 6) is -1.01. The highest BCUT2D eigenvalue weighted by atomic mass is 32.1. The predicted octanol–water partition coefficient (Wildman–Crippen LogP) is 1.43. The smallest absolute Gasteiger partial charge is 0.356 e. The van der Waals surface area contributed by atoms with Gasteiger partial charge in [0.25, 0.3) is 0 Å². The van der Waals surface area contributed by atoms with Gasteiger partial charge in [0.2, 0.25) is 0 Å². The molecule has 0 bridgehead atoms. The molecule has 0 atom stereocenters. The van der Waals surface area contributed by atoms with Crippen LogP contribution in [0.4, 0.5) is 0 Å². The number of hydrogen-bond acceptors (Lipinski definition) is 3. The number of aromatic carboxylic acids is 1. The lowest BCUT2D eigenvalue weighted by Crippen LogP contribution is -2.41. The lowest BCUT2D eigenvalue weighted by molar-refractivity contribution is 0.0688. The standard InChI is InChI=1S/C15H16N4O2S/c1-16-15(22)18-8-7-12-11(9-18)13(14(20)21)17-19(12)10-5-3-2-4-6-10/h2-6H,7-9H2,1H3,(H,16,22)(H,20,21). The Morgan fingerprint density at radius 1 is 1.36 bits per heavy atom. The molecule has 0 unspecified atom stereocenters. The van der Waals surface area contributed by atoms with Crippen LogP contribution in [-0.2, 0) is 13.0 Å². The molecule has 6 nitrogen and oxygen atoms in total. The van der Waals surface area contributed by atoms with Crippen LogP contribution in [0.15, 0.2) is 30.3 Å². The van der Waals surface area contributed by atoms with Gasteiger partial charge in [-0.15, -0.1) is 0 Å². The van der Waals surface area contributed by atoms with Gasteiger partial charge in [0.05, 0.1) is 11.4 Å². The third kappa shape index (κ3) is 2.43. The average molecular weight is 316 g/mol. The van der Waals surface area contributed by atoms with Crippen LogP contribution in [0.3, 0.4) is 0 Å². The first-order valence-corrected chi connectivity index (χ1v) is 7.38. The highest BCUT2D eigenvalue weighted by molar-refractivity contribution is 7.80. The van der Waals surface area contributed by atoms with E-state index < -0.39 is 5.97 Å². The van der Waals surface area contributed by atoms with E-state index in [9.17, 15) is 9.90 Å². The second kappa shape index (κ2) is 5.76. The van der Waals surface area contributed by atoms with Gasteiger partial charge in [-0.25, -0.2) is 9.48 Å². The van der Waals surface area contributed by atoms with Crippen molar-refractivity contribution in [3.8, 4) is 5.69 Å². The van der Waals surface area contributed by atoms with Crippen LogP contribution < -0.4 is 5.32 Å². The molecule has 7 heteroatoms. The van der Waals surface area contributed by atoms with Gasteiger partial charge < -0.3 is 15.3 Å². The third-order valence-electron chi connectivity index (χ3n) is 3.76. The van der Waals surface area contributed by atoms with Crippen molar-refractivity contribution >= 4 is 23.3 Å². The zero-order chi connectivity index (χ0) is 15.7. The van der Waals surface area contributed by atoms with Crippen LogP contribution in [0.1, 0.15) is 21.7 Å². The van der Waals surface area contributed by atoms with Crippen LogP contribution in [0.25, 0.3) is 5.69 Å².